The molecule has 0 spiro atoms. The van der Waals surface area contributed by atoms with Crippen molar-refractivity contribution in [2.45, 2.75) is 12.8 Å². The number of H-pyrrole nitrogens is 1. The van der Waals surface area contributed by atoms with Crippen LogP contribution in [0.4, 0.5) is 0 Å². The second-order valence-corrected chi connectivity index (χ2v) is 5.20. The second-order valence-electron chi connectivity index (χ2n) is 4.45. The molecule has 3 aromatic rings. The molecular formula is C14H14BrN3. The summed E-state index contributed by atoms with van der Waals surface area (Å²) in [6, 6.07) is 8.40. The minimum absolute atomic E-state index is 0.948. The highest BCUT2D eigenvalue weighted by Gasteiger charge is 2.08. The molecule has 92 valence electrons. The number of aromatic nitrogens is 3. The van der Waals surface area contributed by atoms with Crippen LogP contribution in [-0.2, 0) is 19.9 Å². The highest BCUT2D eigenvalue weighted by atomic mass is 79.9. The van der Waals surface area contributed by atoms with Gasteiger partial charge in [0, 0.05) is 24.1 Å². The first-order valence-corrected chi connectivity index (χ1v) is 6.75. The van der Waals surface area contributed by atoms with Gasteiger partial charge in [0.05, 0.1) is 12.0 Å². The first kappa shape index (κ1) is 11.5. The van der Waals surface area contributed by atoms with Crippen molar-refractivity contribution in [1.29, 1.82) is 0 Å². The number of nitrogens with zero attached hydrogens (tertiary/aromatic N) is 2. The molecule has 3 rings (SSSR count). The van der Waals surface area contributed by atoms with E-state index >= 15 is 0 Å². The molecule has 0 saturated heterocycles. The highest BCUT2D eigenvalue weighted by Crippen LogP contribution is 2.21. The van der Waals surface area contributed by atoms with E-state index in [1.807, 2.05) is 17.9 Å². The third-order valence-corrected chi connectivity index (χ3v) is 4.26. The zero-order valence-electron chi connectivity index (χ0n) is 10.2. The van der Waals surface area contributed by atoms with E-state index in [9.17, 15) is 0 Å². The maximum Gasteiger partial charge on any atom is 0.107 e. The Morgan fingerprint density at radius 2 is 2.11 bits per heavy atom. The van der Waals surface area contributed by atoms with Gasteiger partial charge in [-0.25, -0.2) is 4.98 Å². The molecule has 0 bridgehead atoms. The van der Waals surface area contributed by atoms with Crippen LogP contribution in [0.2, 0.25) is 0 Å². The lowest BCUT2D eigenvalue weighted by molar-refractivity contribution is 0.878. The van der Waals surface area contributed by atoms with Gasteiger partial charge in [0.25, 0.3) is 0 Å². The number of hydrogen-bond donors (Lipinski definition) is 1. The molecule has 0 aliphatic carbocycles. The molecule has 3 nitrogen and oxygen atoms in total. The summed E-state index contributed by atoms with van der Waals surface area (Å²) in [4.78, 5) is 7.71. The van der Waals surface area contributed by atoms with Crippen molar-refractivity contribution >= 4 is 26.8 Å². The van der Waals surface area contributed by atoms with Gasteiger partial charge in [-0.3, -0.25) is 0 Å². The molecule has 0 atom stereocenters. The topological polar surface area (TPSA) is 33.6 Å². The lowest BCUT2D eigenvalue weighted by Gasteiger charge is -1.99. The molecular weight excluding hydrogens is 290 g/mol. The molecule has 0 radical (unpaired) electrons. The van der Waals surface area contributed by atoms with Gasteiger partial charge >= 0.3 is 0 Å². The van der Waals surface area contributed by atoms with Crippen LogP contribution in [0.5, 0.6) is 0 Å². The molecule has 4 heteroatoms. The van der Waals surface area contributed by atoms with E-state index in [1.54, 1.807) is 0 Å². The molecule has 2 heterocycles. The van der Waals surface area contributed by atoms with Crippen LogP contribution in [0, 0.1) is 0 Å². The number of imidazole rings is 1. The largest absolute Gasteiger partial charge is 0.361 e. The number of nitrogens with one attached hydrogen (secondary N) is 1. The van der Waals surface area contributed by atoms with Gasteiger partial charge in [0.2, 0.25) is 0 Å². The molecule has 0 aliphatic rings. The van der Waals surface area contributed by atoms with Gasteiger partial charge in [0.15, 0.2) is 0 Å². The van der Waals surface area contributed by atoms with E-state index in [-0.39, 0.29) is 0 Å². The fourth-order valence-electron chi connectivity index (χ4n) is 2.22. The Morgan fingerprint density at radius 3 is 2.89 bits per heavy atom. The van der Waals surface area contributed by atoms with E-state index in [1.165, 1.54) is 16.5 Å². The summed E-state index contributed by atoms with van der Waals surface area (Å²) in [5.74, 6) is 0. The normalized spacial score (nSPS) is 11.2. The summed E-state index contributed by atoms with van der Waals surface area (Å²) in [7, 11) is 1.99. The van der Waals surface area contributed by atoms with E-state index in [2.05, 4.69) is 56.4 Å². The molecule has 0 amide bonds. The maximum absolute atomic E-state index is 4.40. The zero-order chi connectivity index (χ0) is 12.5. The standard InChI is InChI=1S/C14H14BrN3/c1-18-9-17-13(14(18)15)7-6-10-8-16-12-5-3-2-4-11(10)12/h2-5,8-9,16H,6-7H2,1H3. The van der Waals surface area contributed by atoms with Crippen LogP contribution >= 0.6 is 15.9 Å². The second kappa shape index (κ2) is 4.61. The summed E-state index contributed by atoms with van der Waals surface area (Å²) in [5.41, 5.74) is 3.67. The van der Waals surface area contributed by atoms with E-state index in [0.29, 0.717) is 0 Å². The minimum Gasteiger partial charge on any atom is -0.361 e. The Labute approximate surface area is 114 Å². The smallest absolute Gasteiger partial charge is 0.107 e. The van der Waals surface area contributed by atoms with Crippen molar-refractivity contribution < 1.29 is 0 Å². The Morgan fingerprint density at radius 1 is 1.28 bits per heavy atom. The van der Waals surface area contributed by atoms with Crippen molar-refractivity contribution in [3.63, 3.8) is 0 Å². The molecule has 1 N–H and O–H groups in total. The van der Waals surface area contributed by atoms with Crippen molar-refractivity contribution in [3.05, 3.63) is 52.7 Å². The summed E-state index contributed by atoms with van der Waals surface area (Å²) in [5, 5.41) is 1.31. The van der Waals surface area contributed by atoms with Crippen LogP contribution in [0.3, 0.4) is 0 Å². The molecule has 2 aromatic heterocycles. The summed E-state index contributed by atoms with van der Waals surface area (Å²) in [6.07, 6.45) is 5.89. The number of aromatic amines is 1. The molecule has 0 fully saturated rings. The fourth-order valence-corrected chi connectivity index (χ4v) is 2.62. The van der Waals surface area contributed by atoms with Gasteiger partial charge in [-0.1, -0.05) is 18.2 Å². The fraction of sp³-hybridized carbons (Fsp3) is 0.214. The van der Waals surface area contributed by atoms with E-state index < -0.39 is 0 Å². The third-order valence-electron chi connectivity index (χ3n) is 3.24. The lowest BCUT2D eigenvalue weighted by Crippen LogP contribution is -1.93. The van der Waals surface area contributed by atoms with Crippen molar-refractivity contribution in [2.75, 3.05) is 0 Å². The number of hydrogen-bond acceptors (Lipinski definition) is 1. The van der Waals surface area contributed by atoms with Crippen LogP contribution in [0.25, 0.3) is 10.9 Å². The predicted molar refractivity (Wildman–Crippen MR) is 76.6 cm³/mol. The van der Waals surface area contributed by atoms with Crippen molar-refractivity contribution in [2.24, 2.45) is 7.05 Å². The Balaban J connectivity index is 1.83. The van der Waals surface area contributed by atoms with Gasteiger partial charge in [-0.15, -0.1) is 0 Å². The lowest BCUT2D eigenvalue weighted by atomic mass is 10.1. The SMILES string of the molecule is Cn1cnc(CCc2c[nH]c3ccccc23)c1Br. The van der Waals surface area contributed by atoms with Crippen LogP contribution in [0.1, 0.15) is 11.3 Å². The van der Waals surface area contributed by atoms with Crippen molar-refractivity contribution in [1.82, 2.24) is 14.5 Å². The number of para-hydroxylation sites is 1. The number of aryl methyl sites for hydroxylation is 3. The third kappa shape index (κ3) is 1.97. The van der Waals surface area contributed by atoms with Crippen LogP contribution < -0.4 is 0 Å². The van der Waals surface area contributed by atoms with Crippen LogP contribution in [0.15, 0.2) is 41.4 Å². The average Bonchev–Trinajstić information content (AvgIpc) is 2.94. The average molecular weight is 304 g/mol. The zero-order valence-corrected chi connectivity index (χ0v) is 11.7. The van der Waals surface area contributed by atoms with E-state index in [0.717, 1.165) is 23.1 Å². The Bertz CT molecular complexity index is 681. The highest BCUT2D eigenvalue weighted by molar-refractivity contribution is 9.10. The van der Waals surface area contributed by atoms with Gasteiger partial charge in [-0.05, 0) is 40.4 Å². The van der Waals surface area contributed by atoms with Gasteiger partial charge in [-0.2, -0.15) is 0 Å². The Hall–Kier alpha value is -1.55. The molecule has 0 saturated carbocycles. The Kier molecular flexibility index (Phi) is 2.96. The first-order valence-electron chi connectivity index (χ1n) is 5.96. The number of rotatable bonds is 3. The summed E-state index contributed by atoms with van der Waals surface area (Å²) >= 11 is 3.56. The minimum atomic E-state index is 0.948. The van der Waals surface area contributed by atoms with Gasteiger partial charge < -0.3 is 9.55 Å². The summed E-state index contributed by atoms with van der Waals surface area (Å²) in [6.45, 7) is 0. The van der Waals surface area contributed by atoms with Crippen LogP contribution in [-0.4, -0.2) is 14.5 Å². The number of fused-ring (bicyclic) bond motifs is 1. The van der Waals surface area contributed by atoms with Gasteiger partial charge in [0.1, 0.15) is 4.60 Å². The molecule has 0 unspecified atom stereocenters. The predicted octanol–water partition coefficient (Wildman–Crippen LogP) is 3.45. The molecule has 0 aliphatic heterocycles. The molecule has 1 aromatic carbocycles. The first-order chi connectivity index (χ1) is 8.75. The van der Waals surface area contributed by atoms with E-state index in [4.69, 9.17) is 0 Å². The number of benzene rings is 1. The monoisotopic (exact) mass is 303 g/mol. The quantitative estimate of drug-likeness (QED) is 0.790. The summed E-state index contributed by atoms with van der Waals surface area (Å²) < 4.78 is 3.06. The maximum atomic E-state index is 4.40. The van der Waals surface area contributed by atoms with Crippen molar-refractivity contribution in [3.8, 4) is 0 Å². The number of halogens is 1. The molecule has 18 heavy (non-hydrogen) atoms.